The van der Waals surface area contributed by atoms with Gasteiger partial charge in [-0.3, -0.25) is 14.7 Å². The van der Waals surface area contributed by atoms with E-state index in [2.05, 4.69) is 10.3 Å². The molecule has 2 heterocycles. The lowest BCUT2D eigenvalue weighted by Gasteiger charge is -2.27. The van der Waals surface area contributed by atoms with E-state index in [-0.39, 0.29) is 5.91 Å². The van der Waals surface area contributed by atoms with Crippen LogP contribution in [0.3, 0.4) is 0 Å². The van der Waals surface area contributed by atoms with E-state index in [0.29, 0.717) is 27.7 Å². The van der Waals surface area contributed by atoms with Gasteiger partial charge in [0.2, 0.25) is 0 Å². The summed E-state index contributed by atoms with van der Waals surface area (Å²) in [4.78, 5) is 19.1. The van der Waals surface area contributed by atoms with E-state index in [1.165, 1.54) is 0 Å². The number of nitrogens with zero attached hydrogens (tertiary/aromatic N) is 2. The third-order valence-electron chi connectivity index (χ3n) is 4.29. The van der Waals surface area contributed by atoms with Gasteiger partial charge in [-0.25, -0.2) is 0 Å². The van der Waals surface area contributed by atoms with Crippen LogP contribution in [0.4, 0.5) is 11.4 Å². The lowest BCUT2D eigenvalue weighted by molar-refractivity contribution is 0.0993. The molecule has 26 heavy (non-hydrogen) atoms. The van der Waals surface area contributed by atoms with Crippen LogP contribution in [0.5, 0.6) is 5.75 Å². The van der Waals surface area contributed by atoms with Gasteiger partial charge in [0.15, 0.2) is 6.17 Å². The van der Waals surface area contributed by atoms with Crippen LogP contribution in [-0.4, -0.2) is 18.0 Å². The molecule has 1 unspecified atom stereocenters. The first kappa shape index (κ1) is 16.4. The molecular formula is C20H16ClN3O2. The van der Waals surface area contributed by atoms with E-state index < -0.39 is 6.17 Å². The molecule has 1 aliphatic heterocycles. The molecule has 2 aromatic carbocycles. The largest absolute Gasteiger partial charge is 0.495 e. The van der Waals surface area contributed by atoms with Crippen LogP contribution < -0.4 is 15.0 Å². The minimum atomic E-state index is -0.464. The Hall–Kier alpha value is -3.05. The van der Waals surface area contributed by atoms with E-state index in [0.717, 1.165) is 5.69 Å². The lowest BCUT2D eigenvalue weighted by Crippen LogP contribution is -2.32. The van der Waals surface area contributed by atoms with Gasteiger partial charge in [0.1, 0.15) is 5.75 Å². The van der Waals surface area contributed by atoms with Crippen molar-refractivity contribution in [2.45, 2.75) is 6.17 Å². The monoisotopic (exact) mass is 365 g/mol. The van der Waals surface area contributed by atoms with E-state index in [1.807, 2.05) is 30.3 Å². The topological polar surface area (TPSA) is 54.5 Å². The van der Waals surface area contributed by atoms with Crippen molar-refractivity contribution in [1.29, 1.82) is 0 Å². The van der Waals surface area contributed by atoms with Gasteiger partial charge in [0.05, 0.1) is 24.1 Å². The Bertz CT molecular complexity index is 962. The highest BCUT2D eigenvalue weighted by atomic mass is 35.5. The highest BCUT2D eigenvalue weighted by Crippen LogP contribution is 2.39. The number of pyridine rings is 1. The maximum Gasteiger partial charge on any atom is 0.262 e. The Morgan fingerprint density at radius 3 is 2.69 bits per heavy atom. The van der Waals surface area contributed by atoms with Crippen LogP contribution in [0.15, 0.2) is 66.9 Å². The van der Waals surface area contributed by atoms with Gasteiger partial charge in [-0.1, -0.05) is 29.8 Å². The van der Waals surface area contributed by atoms with Gasteiger partial charge < -0.3 is 10.1 Å². The molecule has 0 radical (unpaired) electrons. The molecule has 0 spiro atoms. The summed E-state index contributed by atoms with van der Waals surface area (Å²) in [6.45, 7) is 0. The Kier molecular flexibility index (Phi) is 4.22. The molecule has 0 saturated heterocycles. The quantitative estimate of drug-likeness (QED) is 0.738. The van der Waals surface area contributed by atoms with Crippen molar-refractivity contribution in [1.82, 2.24) is 4.98 Å². The number of halogens is 1. The Labute approximate surface area is 156 Å². The molecule has 0 fully saturated rings. The number of ether oxygens (including phenoxy) is 1. The summed E-state index contributed by atoms with van der Waals surface area (Å²) >= 11 is 6.15. The van der Waals surface area contributed by atoms with Crippen LogP contribution in [0, 0.1) is 0 Å². The number of hydrogen-bond acceptors (Lipinski definition) is 4. The Morgan fingerprint density at radius 2 is 1.92 bits per heavy atom. The van der Waals surface area contributed by atoms with E-state index in [9.17, 15) is 4.79 Å². The first-order valence-electron chi connectivity index (χ1n) is 8.12. The zero-order valence-electron chi connectivity index (χ0n) is 14.0. The average Bonchev–Trinajstić information content (AvgIpc) is 2.95. The van der Waals surface area contributed by atoms with Crippen LogP contribution in [0.25, 0.3) is 0 Å². The number of aromatic nitrogens is 1. The zero-order chi connectivity index (χ0) is 18.1. The van der Waals surface area contributed by atoms with Crippen molar-refractivity contribution in [3.05, 3.63) is 83.1 Å². The number of nitrogens with one attached hydrogen (secondary N) is 1. The van der Waals surface area contributed by atoms with Crippen LogP contribution in [0.2, 0.25) is 5.02 Å². The number of anilines is 2. The average molecular weight is 366 g/mol. The summed E-state index contributed by atoms with van der Waals surface area (Å²) in [5.74, 6) is 0.539. The number of carbonyl (C=O) groups is 1. The molecule has 130 valence electrons. The van der Waals surface area contributed by atoms with E-state index in [4.69, 9.17) is 16.3 Å². The number of fused-ring (bicyclic) bond motifs is 1. The Balaban J connectivity index is 1.81. The third-order valence-corrected chi connectivity index (χ3v) is 4.53. The molecule has 0 bridgehead atoms. The summed E-state index contributed by atoms with van der Waals surface area (Å²) in [6, 6.07) is 18.4. The fourth-order valence-electron chi connectivity index (χ4n) is 3.11. The second-order valence-electron chi connectivity index (χ2n) is 5.84. The van der Waals surface area contributed by atoms with Gasteiger partial charge in [0, 0.05) is 16.9 Å². The molecule has 5 nitrogen and oxygen atoms in total. The highest BCUT2D eigenvalue weighted by molar-refractivity contribution is 6.31. The van der Waals surface area contributed by atoms with Gasteiger partial charge in [-0.05, 0) is 42.5 Å². The van der Waals surface area contributed by atoms with Crippen molar-refractivity contribution in [2.24, 2.45) is 0 Å². The lowest BCUT2D eigenvalue weighted by atomic mass is 10.2. The number of methoxy groups -OCH3 is 1. The van der Waals surface area contributed by atoms with Crippen molar-refractivity contribution in [3.8, 4) is 5.75 Å². The molecule has 1 atom stereocenters. The molecule has 1 aromatic heterocycles. The number of amides is 1. The van der Waals surface area contributed by atoms with Gasteiger partial charge in [-0.2, -0.15) is 0 Å². The second-order valence-corrected chi connectivity index (χ2v) is 6.27. The molecule has 3 aromatic rings. The summed E-state index contributed by atoms with van der Waals surface area (Å²) in [5, 5.41) is 3.94. The highest BCUT2D eigenvalue weighted by Gasteiger charge is 2.39. The van der Waals surface area contributed by atoms with Crippen molar-refractivity contribution >= 4 is 28.9 Å². The molecule has 4 rings (SSSR count). The number of para-hydroxylation sites is 1. The van der Waals surface area contributed by atoms with Gasteiger partial charge >= 0.3 is 0 Å². The van der Waals surface area contributed by atoms with Crippen molar-refractivity contribution in [3.63, 3.8) is 0 Å². The second kappa shape index (κ2) is 6.69. The smallest absolute Gasteiger partial charge is 0.262 e. The Morgan fingerprint density at radius 1 is 1.12 bits per heavy atom. The normalized spacial score (nSPS) is 15.7. The SMILES string of the molecule is COc1ccc(Cl)cc1NC1c2ncccc2C(=O)N1c1ccccc1. The first-order chi connectivity index (χ1) is 12.7. The molecule has 6 heteroatoms. The van der Waals surface area contributed by atoms with Gasteiger partial charge in [0.25, 0.3) is 5.91 Å². The standard InChI is InChI=1S/C20H16ClN3O2/c1-26-17-10-9-13(21)12-16(17)23-19-18-15(8-5-11-22-18)20(25)24(19)14-6-3-2-4-7-14/h2-12,19,23H,1H3. The number of hydrogen-bond donors (Lipinski definition) is 1. The summed E-state index contributed by atoms with van der Waals surface area (Å²) in [6.07, 6.45) is 1.22. The summed E-state index contributed by atoms with van der Waals surface area (Å²) < 4.78 is 5.42. The van der Waals surface area contributed by atoms with Crippen molar-refractivity contribution in [2.75, 3.05) is 17.3 Å². The molecule has 0 aliphatic carbocycles. The molecule has 0 saturated carbocycles. The number of rotatable bonds is 4. The molecular weight excluding hydrogens is 350 g/mol. The van der Waals surface area contributed by atoms with Crippen LogP contribution >= 0.6 is 11.6 Å². The predicted octanol–water partition coefficient (Wildman–Crippen LogP) is 4.51. The maximum absolute atomic E-state index is 13.0. The minimum Gasteiger partial charge on any atom is -0.495 e. The number of carbonyl (C=O) groups excluding carboxylic acids is 1. The summed E-state index contributed by atoms with van der Waals surface area (Å²) in [5.41, 5.74) is 2.73. The van der Waals surface area contributed by atoms with Crippen molar-refractivity contribution < 1.29 is 9.53 Å². The molecule has 1 N–H and O–H groups in total. The van der Waals surface area contributed by atoms with E-state index in [1.54, 1.807) is 48.5 Å². The maximum atomic E-state index is 13.0. The number of benzene rings is 2. The zero-order valence-corrected chi connectivity index (χ0v) is 14.8. The fraction of sp³-hybridized carbons (Fsp3) is 0.100. The fourth-order valence-corrected chi connectivity index (χ4v) is 3.29. The minimum absolute atomic E-state index is 0.0993. The third kappa shape index (κ3) is 2.76. The van der Waals surface area contributed by atoms with Crippen LogP contribution in [-0.2, 0) is 0 Å². The molecule has 1 aliphatic rings. The summed E-state index contributed by atoms with van der Waals surface area (Å²) in [7, 11) is 1.59. The van der Waals surface area contributed by atoms with E-state index >= 15 is 0 Å². The first-order valence-corrected chi connectivity index (χ1v) is 8.50. The molecule has 1 amide bonds. The predicted molar refractivity (Wildman–Crippen MR) is 102 cm³/mol. The van der Waals surface area contributed by atoms with Gasteiger partial charge in [-0.15, -0.1) is 0 Å². The van der Waals surface area contributed by atoms with Crippen LogP contribution in [0.1, 0.15) is 22.2 Å².